The van der Waals surface area contributed by atoms with Crippen LogP contribution in [0.2, 0.25) is 0 Å². The Hall–Kier alpha value is -0.550. The van der Waals surface area contributed by atoms with Crippen LogP contribution in [0.25, 0.3) is 0 Å². The Bertz CT molecular complexity index is 669. The molecule has 0 aromatic heterocycles. The van der Waals surface area contributed by atoms with Gasteiger partial charge >= 0.3 is 0 Å². The predicted octanol–water partition coefficient (Wildman–Crippen LogP) is 1.08. The highest BCUT2D eigenvalue weighted by atomic mass is 32.3. The second kappa shape index (κ2) is 9.23. The molecule has 0 amide bonds. The molecule has 4 N–H and O–H groups in total. The van der Waals surface area contributed by atoms with Crippen LogP contribution in [0.5, 0.6) is 0 Å². The van der Waals surface area contributed by atoms with Crippen molar-refractivity contribution < 1.29 is 16.8 Å². The van der Waals surface area contributed by atoms with Gasteiger partial charge in [0.25, 0.3) is 0 Å². The van der Waals surface area contributed by atoms with Gasteiger partial charge < -0.3 is 10.0 Å². The number of sulfone groups is 1. The molecule has 0 radical (unpaired) electrons. The van der Waals surface area contributed by atoms with Crippen molar-refractivity contribution in [2.45, 2.75) is 44.9 Å². The Morgan fingerprint density at radius 1 is 1.46 bits per heavy atom. The maximum absolute atomic E-state index is 11.7. The van der Waals surface area contributed by atoms with Gasteiger partial charge in [0.2, 0.25) is 10.0 Å². The minimum Gasteiger partial charge on any atom is -0.332 e. The molecule has 24 heavy (non-hydrogen) atoms. The lowest BCUT2D eigenvalue weighted by Gasteiger charge is -2.12. The summed E-state index contributed by atoms with van der Waals surface area (Å²) >= 11 is 0.981. The van der Waals surface area contributed by atoms with Gasteiger partial charge in [-0.15, -0.1) is 0 Å². The van der Waals surface area contributed by atoms with Crippen molar-refractivity contribution >= 4 is 31.8 Å². The summed E-state index contributed by atoms with van der Waals surface area (Å²) in [6.45, 7) is 7.03. The fourth-order valence-electron chi connectivity index (χ4n) is 2.59. The molecule has 2 atom stereocenters. The topological polar surface area (TPSA) is 118 Å². The van der Waals surface area contributed by atoms with Crippen LogP contribution < -0.4 is 15.2 Å². The number of nitrogens with two attached hydrogens (primary N) is 1. The van der Waals surface area contributed by atoms with Crippen molar-refractivity contribution in [3.8, 4) is 0 Å². The lowest BCUT2D eigenvalue weighted by atomic mass is 10.0. The van der Waals surface area contributed by atoms with E-state index in [4.69, 9.17) is 5.14 Å². The van der Waals surface area contributed by atoms with E-state index < -0.39 is 19.9 Å². The largest absolute Gasteiger partial charge is 0.332 e. The SMILES string of the molecule is CCNC1C[C@@H](CC(C)C)S(=O)(=O)C1.NS(=O)(=O)C1=CC=CNS1. The van der Waals surface area contributed by atoms with Gasteiger partial charge in [0, 0.05) is 12.2 Å². The van der Waals surface area contributed by atoms with E-state index >= 15 is 0 Å². The van der Waals surface area contributed by atoms with Gasteiger partial charge in [-0.3, -0.25) is 0 Å². The van der Waals surface area contributed by atoms with Crippen LogP contribution in [-0.4, -0.2) is 40.4 Å². The van der Waals surface area contributed by atoms with Crippen molar-refractivity contribution in [1.82, 2.24) is 10.0 Å². The third kappa shape index (κ3) is 7.14. The first-order chi connectivity index (χ1) is 11.1. The van der Waals surface area contributed by atoms with Gasteiger partial charge in [0.1, 0.15) is 4.24 Å². The van der Waals surface area contributed by atoms with Crippen LogP contribution >= 0.6 is 11.9 Å². The summed E-state index contributed by atoms with van der Waals surface area (Å²) in [6, 6.07) is 0.189. The molecule has 10 heteroatoms. The number of hydrogen-bond acceptors (Lipinski definition) is 7. The summed E-state index contributed by atoms with van der Waals surface area (Å²) in [5.74, 6) is 0.799. The number of allylic oxidation sites excluding steroid dienone is 2. The zero-order chi connectivity index (χ0) is 18.4. The second-order valence-corrected chi connectivity index (χ2v) is 11.2. The molecule has 0 aromatic rings. The highest BCUT2D eigenvalue weighted by Gasteiger charge is 2.37. The zero-order valence-corrected chi connectivity index (χ0v) is 16.7. The first kappa shape index (κ1) is 21.5. The van der Waals surface area contributed by atoms with E-state index in [9.17, 15) is 16.8 Å². The van der Waals surface area contributed by atoms with E-state index in [1.807, 2.05) is 6.92 Å². The van der Waals surface area contributed by atoms with Gasteiger partial charge in [-0.05, 0) is 49.4 Å². The fraction of sp³-hybridized carbons (Fsp3) is 0.714. The maximum atomic E-state index is 11.7. The molecule has 0 aromatic carbocycles. The van der Waals surface area contributed by atoms with Gasteiger partial charge in [-0.2, -0.15) is 0 Å². The van der Waals surface area contributed by atoms with E-state index in [1.165, 1.54) is 6.08 Å². The average Bonchev–Trinajstić information content (AvgIpc) is 2.73. The van der Waals surface area contributed by atoms with Crippen molar-refractivity contribution in [2.24, 2.45) is 11.1 Å². The number of hydrogen-bond donors (Lipinski definition) is 3. The summed E-state index contributed by atoms with van der Waals surface area (Å²) in [5, 5.41) is 7.94. The summed E-state index contributed by atoms with van der Waals surface area (Å²) in [4.78, 5) is 0. The van der Waals surface area contributed by atoms with Crippen LogP contribution in [0.1, 0.15) is 33.6 Å². The van der Waals surface area contributed by atoms with Crippen molar-refractivity contribution in [2.75, 3.05) is 12.3 Å². The molecule has 0 saturated carbocycles. The molecule has 0 bridgehead atoms. The number of primary sulfonamides is 1. The summed E-state index contributed by atoms with van der Waals surface area (Å²) < 4.78 is 47.5. The van der Waals surface area contributed by atoms with Crippen molar-refractivity contribution in [3.05, 3.63) is 22.6 Å². The molecule has 1 unspecified atom stereocenters. The van der Waals surface area contributed by atoms with Crippen LogP contribution in [0.15, 0.2) is 22.6 Å². The fourth-order valence-corrected chi connectivity index (χ4v) is 6.17. The van der Waals surface area contributed by atoms with E-state index in [0.717, 1.165) is 31.3 Å². The minimum atomic E-state index is -3.52. The molecule has 0 aliphatic carbocycles. The summed E-state index contributed by atoms with van der Waals surface area (Å²) in [5.41, 5.74) is 0. The summed E-state index contributed by atoms with van der Waals surface area (Å²) in [7, 11) is -6.33. The van der Waals surface area contributed by atoms with Gasteiger partial charge in [-0.1, -0.05) is 20.8 Å². The lowest BCUT2D eigenvalue weighted by molar-refractivity contribution is 0.492. The Morgan fingerprint density at radius 3 is 2.54 bits per heavy atom. The van der Waals surface area contributed by atoms with Crippen molar-refractivity contribution in [3.63, 3.8) is 0 Å². The van der Waals surface area contributed by atoms with Crippen LogP contribution in [0.4, 0.5) is 0 Å². The molecular weight excluding hydrogens is 370 g/mol. The molecule has 2 rings (SSSR count). The van der Waals surface area contributed by atoms with E-state index in [1.54, 1.807) is 12.3 Å². The molecule has 7 nitrogen and oxygen atoms in total. The van der Waals surface area contributed by atoms with Gasteiger partial charge in [0.15, 0.2) is 9.84 Å². The lowest BCUT2D eigenvalue weighted by Crippen LogP contribution is -2.29. The maximum Gasteiger partial charge on any atom is 0.245 e. The Kier molecular flexibility index (Phi) is 8.27. The van der Waals surface area contributed by atoms with Crippen LogP contribution in [0.3, 0.4) is 0 Å². The molecule has 2 aliphatic heterocycles. The molecule has 1 fully saturated rings. The predicted molar refractivity (Wildman–Crippen MR) is 100 cm³/mol. The van der Waals surface area contributed by atoms with Crippen molar-refractivity contribution in [1.29, 1.82) is 0 Å². The van der Waals surface area contributed by atoms with E-state index in [-0.39, 0.29) is 15.5 Å². The molecule has 2 heterocycles. The third-order valence-electron chi connectivity index (χ3n) is 3.55. The molecule has 1 saturated heterocycles. The highest BCUT2D eigenvalue weighted by molar-refractivity contribution is 8.17. The standard InChI is InChI=1S/C10H21NO2S.C4H6N2O2S2/c1-4-11-9-6-10(5-8(2)3)14(12,13)7-9;5-10(7,8)4-2-1-3-6-9-4/h8-11H,4-7H2,1-3H3;1-3,6H,(H2,5,7,8)/t9?,10-;/m1./s1. The Balaban J connectivity index is 0.000000254. The first-order valence-corrected chi connectivity index (χ1v) is 11.9. The summed E-state index contributed by atoms with van der Waals surface area (Å²) in [6.07, 6.45) is 6.25. The Morgan fingerprint density at radius 2 is 2.12 bits per heavy atom. The highest BCUT2D eigenvalue weighted by Crippen LogP contribution is 2.26. The molecule has 2 aliphatic rings. The third-order valence-corrected chi connectivity index (χ3v) is 8.06. The average molecular weight is 398 g/mol. The first-order valence-electron chi connectivity index (χ1n) is 7.83. The van der Waals surface area contributed by atoms with E-state index in [0.29, 0.717) is 11.7 Å². The number of sulfonamides is 1. The van der Waals surface area contributed by atoms with E-state index in [2.05, 4.69) is 23.9 Å². The van der Waals surface area contributed by atoms with Gasteiger partial charge in [-0.25, -0.2) is 22.0 Å². The van der Waals surface area contributed by atoms with Crippen LogP contribution in [0, 0.1) is 5.92 Å². The molecular formula is C14H27N3O4S3. The number of rotatable bonds is 5. The smallest absolute Gasteiger partial charge is 0.245 e. The zero-order valence-electron chi connectivity index (χ0n) is 14.2. The Labute approximate surface area is 149 Å². The second-order valence-electron chi connectivity index (χ2n) is 6.18. The number of nitrogens with one attached hydrogen (secondary N) is 2. The molecule has 0 spiro atoms. The molecule has 140 valence electrons. The minimum absolute atomic E-state index is 0.105. The normalized spacial score (nSPS) is 25.6. The monoisotopic (exact) mass is 397 g/mol. The van der Waals surface area contributed by atoms with Crippen LogP contribution in [-0.2, 0) is 19.9 Å². The van der Waals surface area contributed by atoms with Gasteiger partial charge in [0.05, 0.1) is 11.0 Å². The quantitative estimate of drug-likeness (QED) is 0.594.